The van der Waals surface area contributed by atoms with E-state index in [0.29, 0.717) is 35.5 Å². The third kappa shape index (κ3) is 5.18. The van der Waals surface area contributed by atoms with Crippen LogP contribution in [-0.4, -0.2) is 49.1 Å². The predicted molar refractivity (Wildman–Crippen MR) is 131 cm³/mol. The second kappa shape index (κ2) is 10.6. The van der Waals surface area contributed by atoms with E-state index in [1.165, 1.54) is 16.6 Å². The molecule has 2 heterocycles. The van der Waals surface area contributed by atoms with Crippen LogP contribution in [0.3, 0.4) is 0 Å². The number of carbonyl (C=O) groups excluding carboxylic acids is 1. The van der Waals surface area contributed by atoms with Crippen LogP contribution in [0.4, 0.5) is 5.69 Å². The summed E-state index contributed by atoms with van der Waals surface area (Å²) >= 11 is 2.86. The molecule has 4 rings (SSSR count). The van der Waals surface area contributed by atoms with Crippen molar-refractivity contribution in [2.24, 2.45) is 0 Å². The number of fused-ring (bicyclic) bond motifs is 3. The summed E-state index contributed by atoms with van der Waals surface area (Å²) in [5.41, 5.74) is 1.69. The summed E-state index contributed by atoms with van der Waals surface area (Å²) in [6.07, 6.45) is 4.18. The van der Waals surface area contributed by atoms with E-state index >= 15 is 0 Å². The number of nitrogens with zero attached hydrogens (tertiary/aromatic N) is 2. The number of anilines is 1. The topological polar surface area (TPSA) is 91.7 Å². The van der Waals surface area contributed by atoms with E-state index in [1.807, 2.05) is 0 Å². The van der Waals surface area contributed by atoms with Crippen LogP contribution < -0.4 is 20.3 Å². The van der Waals surface area contributed by atoms with Crippen LogP contribution in [0.15, 0.2) is 28.2 Å². The Labute approximate surface area is 200 Å². The first kappa shape index (κ1) is 23.6. The first-order valence-corrected chi connectivity index (χ1v) is 12.5. The van der Waals surface area contributed by atoms with Crippen LogP contribution >= 0.6 is 23.1 Å². The molecule has 0 fully saturated rings. The molecule has 0 atom stereocenters. The molecule has 0 unspecified atom stereocenters. The number of carbonyl (C=O) groups is 1. The van der Waals surface area contributed by atoms with Gasteiger partial charge in [0.15, 0.2) is 5.16 Å². The van der Waals surface area contributed by atoms with Gasteiger partial charge in [0, 0.05) is 35.9 Å². The van der Waals surface area contributed by atoms with E-state index in [1.54, 1.807) is 55.4 Å². The Morgan fingerprint density at radius 2 is 1.88 bits per heavy atom. The summed E-state index contributed by atoms with van der Waals surface area (Å²) in [7, 11) is 4.71. The minimum atomic E-state index is -0.214. The molecule has 0 aliphatic heterocycles. The molecule has 0 bridgehead atoms. The number of ether oxygens (including phenoxy) is 3. The molecule has 8 nitrogen and oxygen atoms in total. The Morgan fingerprint density at radius 1 is 1.15 bits per heavy atom. The highest BCUT2D eigenvalue weighted by atomic mass is 32.2. The van der Waals surface area contributed by atoms with Crippen molar-refractivity contribution in [3.63, 3.8) is 0 Å². The summed E-state index contributed by atoms with van der Waals surface area (Å²) < 4.78 is 17.4. The second-order valence-corrected chi connectivity index (χ2v) is 9.70. The van der Waals surface area contributed by atoms with Gasteiger partial charge in [0.2, 0.25) is 5.91 Å². The van der Waals surface area contributed by atoms with Gasteiger partial charge in [0.25, 0.3) is 5.56 Å². The first-order valence-electron chi connectivity index (χ1n) is 10.7. The maximum Gasteiger partial charge on any atom is 0.263 e. The van der Waals surface area contributed by atoms with E-state index < -0.39 is 0 Å². The smallest absolute Gasteiger partial charge is 0.263 e. The van der Waals surface area contributed by atoms with Crippen LogP contribution in [0.2, 0.25) is 0 Å². The van der Waals surface area contributed by atoms with E-state index in [-0.39, 0.29) is 17.2 Å². The Hall–Kier alpha value is -2.56. The van der Waals surface area contributed by atoms with Crippen LogP contribution in [0, 0.1) is 0 Å². The van der Waals surface area contributed by atoms with Crippen molar-refractivity contribution in [1.29, 1.82) is 0 Å². The van der Waals surface area contributed by atoms with Crippen molar-refractivity contribution in [3.8, 4) is 11.5 Å². The van der Waals surface area contributed by atoms with E-state index in [0.717, 1.165) is 41.5 Å². The fourth-order valence-electron chi connectivity index (χ4n) is 3.92. The SMILES string of the molecule is COCCn1c(SCC(=O)Nc2cc(OC)cc(OC)c2)nc2sc3c(c2c1=O)CCCC3. The number of rotatable bonds is 9. The summed E-state index contributed by atoms with van der Waals surface area (Å²) in [5.74, 6) is 1.06. The lowest BCUT2D eigenvalue weighted by Crippen LogP contribution is -2.26. The van der Waals surface area contributed by atoms with E-state index in [4.69, 9.17) is 19.2 Å². The molecule has 10 heteroatoms. The predicted octanol–water partition coefficient (Wildman–Crippen LogP) is 3.73. The number of aryl methyl sites for hydroxylation is 2. The molecular weight excluding hydrogens is 462 g/mol. The number of aromatic nitrogens is 2. The molecule has 1 N–H and O–H groups in total. The third-order valence-electron chi connectivity index (χ3n) is 5.53. The van der Waals surface area contributed by atoms with E-state index in [2.05, 4.69) is 5.32 Å². The lowest BCUT2D eigenvalue weighted by Gasteiger charge is -2.13. The molecule has 3 aromatic rings. The lowest BCUT2D eigenvalue weighted by atomic mass is 9.97. The standard InChI is InChI=1S/C23H27N3O5S2/c1-29-9-8-26-22(28)20-17-6-4-5-7-18(17)33-21(20)25-23(26)32-13-19(27)24-14-10-15(30-2)12-16(11-14)31-3/h10-12H,4-9,13H2,1-3H3,(H,24,27). The zero-order valence-corrected chi connectivity index (χ0v) is 20.6. The number of amides is 1. The molecule has 176 valence electrons. The van der Waals surface area contributed by atoms with Crippen molar-refractivity contribution in [1.82, 2.24) is 9.55 Å². The molecule has 0 saturated carbocycles. The number of methoxy groups -OCH3 is 3. The maximum atomic E-state index is 13.4. The highest BCUT2D eigenvalue weighted by Gasteiger charge is 2.22. The van der Waals surface area contributed by atoms with Crippen molar-refractivity contribution >= 4 is 44.9 Å². The van der Waals surface area contributed by atoms with Crippen LogP contribution in [0.1, 0.15) is 23.3 Å². The van der Waals surface area contributed by atoms with Gasteiger partial charge in [0.1, 0.15) is 16.3 Å². The van der Waals surface area contributed by atoms with Crippen molar-refractivity contribution in [3.05, 3.63) is 39.0 Å². The van der Waals surface area contributed by atoms with Crippen LogP contribution in [-0.2, 0) is 28.9 Å². The summed E-state index contributed by atoms with van der Waals surface area (Å²) in [4.78, 5) is 32.9. The zero-order valence-electron chi connectivity index (χ0n) is 18.9. The van der Waals surface area contributed by atoms with Crippen molar-refractivity contribution < 1.29 is 19.0 Å². The molecule has 1 aliphatic rings. The van der Waals surface area contributed by atoms with Crippen molar-refractivity contribution in [2.75, 3.05) is 39.0 Å². The Morgan fingerprint density at radius 3 is 2.58 bits per heavy atom. The van der Waals surface area contributed by atoms with Crippen LogP contribution in [0.25, 0.3) is 10.2 Å². The molecule has 2 aromatic heterocycles. The van der Waals surface area contributed by atoms with Crippen LogP contribution in [0.5, 0.6) is 11.5 Å². The Balaban J connectivity index is 1.57. The fourth-order valence-corrected chi connectivity index (χ4v) is 6.04. The zero-order chi connectivity index (χ0) is 23.4. The van der Waals surface area contributed by atoms with Gasteiger partial charge in [-0.1, -0.05) is 11.8 Å². The molecule has 1 aromatic carbocycles. The summed E-state index contributed by atoms with van der Waals surface area (Å²) in [6.45, 7) is 0.780. The average molecular weight is 490 g/mol. The first-order chi connectivity index (χ1) is 16.0. The van der Waals surface area contributed by atoms with Gasteiger partial charge in [-0.25, -0.2) is 4.98 Å². The number of thioether (sulfide) groups is 1. The number of benzene rings is 1. The molecule has 0 saturated heterocycles. The van der Waals surface area contributed by atoms with Gasteiger partial charge < -0.3 is 19.5 Å². The van der Waals surface area contributed by atoms with Gasteiger partial charge >= 0.3 is 0 Å². The number of thiophene rings is 1. The Kier molecular flexibility index (Phi) is 7.56. The normalized spacial score (nSPS) is 13.1. The highest BCUT2D eigenvalue weighted by Crippen LogP contribution is 2.34. The highest BCUT2D eigenvalue weighted by molar-refractivity contribution is 7.99. The monoisotopic (exact) mass is 489 g/mol. The minimum absolute atomic E-state index is 0.0445. The number of hydrogen-bond donors (Lipinski definition) is 1. The van der Waals surface area contributed by atoms with Gasteiger partial charge in [0.05, 0.1) is 38.5 Å². The number of nitrogens with one attached hydrogen (secondary N) is 1. The Bertz CT molecular complexity index is 1200. The minimum Gasteiger partial charge on any atom is -0.497 e. The van der Waals surface area contributed by atoms with Gasteiger partial charge in [-0.15, -0.1) is 11.3 Å². The largest absolute Gasteiger partial charge is 0.497 e. The quantitative estimate of drug-likeness (QED) is 0.362. The lowest BCUT2D eigenvalue weighted by molar-refractivity contribution is -0.113. The van der Waals surface area contributed by atoms with Gasteiger partial charge in [-0.3, -0.25) is 14.2 Å². The van der Waals surface area contributed by atoms with E-state index in [9.17, 15) is 9.59 Å². The van der Waals surface area contributed by atoms with Crippen molar-refractivity contribution in [2.45, 2.75) is 37.4 Å². The third-order valence-corrected chi connectivity index (χ3v) is 7.69. The molecule has 1 aliphatic carbocycles. The maximum absolute atomic E-state index is 13.4. The van der Waals surface area contributed by atoms with Gasteiger partial charge in [-0.2, -0.15) is 0 Å². The average Bonchev–Trinajstić information content (AvgIpc) is 3.20. The molecule has 1 amide bonds. The molecule has 0 radical (unpaired) electrons. The fraction of sp³-hybridized carbons (Fsp3) is 0.435. The molecule has 33 heavy (non-hydrogen) atoms. The summed E-state index contributed by atoms with van der Waals surface area (Å²) in [6, 6.07) is 5.18. The number of hydrogen-bond acceptors (Lipinski definition) is 8. The molecule has 0 spiro atoms. The second-order valence-electron chi connectivity index (χ2n) is 7.67. The summed E-state index contributed by atoms with van der Waals surface area (Å²) in [5, 5.41) is 4.13. The molecular formula is C23H27N3O5S2. The van der Waals surface area contributed by atoms with Gasteiger partial charge in [-0.05, 0) is 31.2 Å².